The minimum atomic E-state index is -3.56. The summed E-state index contributed by atoms with van der Waals surface area (Å²) >= 11 is 0. The molecule has 1 saturated heterocycles. The maximum Gasteiger partial charge on any atom is 0.263 e. The van der Waals surface area contributed by atoms with E-state index in [1.807, 2.05) is 0 Å². The van der Waals surface area contributed by atoms with Crippen molar-refractivity contribution in [2.45, 2.75) is 30.2 Å². The highest BCUT2D eigenvalue weighted by Gasteiger charge is 2.30. The monoisotopic (exact) mass is 419 g/mol. The van der Waals surface area contributed by atoms with Crippen LogP contribution in [0, 0.1) is 0 Å². The quantitative estimate of drug-likeness (QED) is 0.648. The molecule has 4 rings (SSSR count). The van der Waals surface area contributed by atoms with Crippen molar-refractivity contribution >= 4 is 27.7 Å². The van der Waals surface area contributed by atoms with Gasteiger partial charge in [0.25, 0.3) is 10.0 Å². The first-order valence-corrected chi connectivity index (χ1v) is 11.4. The lowest BCUT2D eigenvalue weighted by atomic mass is 10.2. The Morgan fingerprint density at radius 3 is 2.59 bits per heavy atom. The number of piperazine rings is 1. The zero-order valence-corrected chi connectivity index (χ0v) is 17.0. The number of hydrogen-bond donors (Lipinski definition) is 2. The smallest absolute Gasteiger partial charge is 0.263 e. The lowest BCUT2D eigenvalue weighted by molar-refractivity contribution is -0.133. The van der Waals surface area contributed by atoms with Gasteiger partial charge in [0.15, 0.2) is 0 Å². The van der Waals surface area contributed by atoms with Crippen LogP contribution in [-0.2, 0) is 19.6 Å². The molecule has 2 amide bonds. The normalized spacial score (nSPS) is 22.2. The van der Waals surface area contributed by atoms with Gasteiger partial charge < -0.3 is 10.2 Å². The molecule has 9 nitrogen and oxygen atoms in total. The highest BCUT2D eigenvalue weighted by molar-refractivity contribution is 7.90. The third-order valence-corrected chi connectivity index (χ3v) is 6.69. The molecule has 1 aliphatic carbocycles. The number of carbonyl (C=O) groups is 2. The zero-order valence-electron chi connectivity index (χ0n) is 16.1. The fourth-order valence-electron chi connectivity index (χ4n) is 3.53. The highest BCUT2D eigenvalue weighted by Crippen LogP contribution is 2.22. The number of fused-ring (bicyclic) bond motifs is 1. The molecule has 0 aromatic heterocycles. The molecule has 0 bridgehead atoms. The van der Waals surface area contributed by atoms with E-state index in [0.29, 0.717) is 50.2 Å². The molecule has 2 N–H and O–H groups in total. The van der Waals surface area contributed by atoms with Crippen molar-refractivity contribution in [3.8, 4) is 0 Å². The van der Waals surface area contributed by atoms with Crippen molar-refractivity contribution in [3.05, 3.63) is 29.8 Å². The van der Waals surface area contributed by atoms with Gasteiger partial charge in [-0.1, -0.05) is 12.1 Å². The molecular weight excluding hydrogens is 394 g/mol. The first-order valence-electron chi connectivity index (χ1n) is 9.88. The Bertz CT molecular complexity index is 934. The fourth-order valence-corrected chi connectivity index (χ4v) is 4.78. The summed E-state index contributed by atoms with van der Waals surface area (Å²) < 4.78 is 26.6. The van der Waals surface area contributed by atoms with Crippen LogP contribution in [-0.4, -0.2) is 81.2 Å². The summed E-state index contributed by atoms with van der Waals surface area (Å²) in [5, 5.41) is 2.98. The second kappa shape index (κ2) is 8.11. The maximum absolute atomic E-state index is 12.4. The van der Waals surface area contributed by atoms with Gasteiger partial charge in [-0.05, 0) is 25.0 Å². The molecule has 1 aromatic carbocycles. The molecule has 3 aliphatic rings. The second-order valence-electron chi connectivity index (χ2n) is 7.58. The molecule has 0 unspecified atom stereocenters. The van der Waals surface area contributed by atoms with Gasteiger partial charge in [0.05, 0.1) is 18.0 Å². The predicted molar refractivity (Wildman–Crippen MR) is 107 cm³/mol. The van der Waals surface area contributed by atoms with E-state index < -0.39 is 10.0 Å². The van der Waals surface area contributed by atoms with Gasteiger partial charge >= 0.3 is 0 Å². The molecule has 1 saturated carbocycles. The minimum absolute atomic E-state index is 0.00873. The van der Waals surface area contributed by atoms with Gasteiger partial charge in [-0.25, -0.2) is 8.42 Å². The molecule has 0 atom stereocenters. The van der Waals surface area contributed by atoms with E-state index >= 15 is 0 Å². The van der Waals surface area contributed by atoms with Crippen molar-refractivity contribution in [1.82, 2.24) is 19.8 Å². The van der Waals surface area contributed by atoms with Crippen LogP contribution in [0.4, 0.5) is 0 Å². The molecule has 0 spiro atoms. The Labute approximate surface area is 170 Å². The topological polar surface area (TPSA) is 111 Å². The van der Waals surface area contributed by atoms with Crippen molar-refractivity contribution in [2.75, 3.05) is 39.3 Å². The van der Waals surface area contributed by atoms with Gasteiger partial charge in [-0.3, -0.25) is 24.2 Å². The Balaban J connectivity index is 1.24. The van der Waals surface area contributed by atoms with Gasteiger partial charge in [0, 0.05) is 44.2 Å². The van der Waals surface area contributed by atoms with E-state index in [4.69, 9.17) is 0 Å². The number of aliphatic imine (C=N–C) groups is 1. The van der Waals surface area contributed by atoms with E-state index in [1.54, 1.807) is 23.1 Å². The largest absolute Gasteiger partial charge is 0.352 e. The average Bonchev–Trinajstić information content (AvgIpc) is 3.47. The predicted octanol–water partition coefficient (Wildman–Crippen LogP) is -0.462. The Morgan fingerprint density at radius 1 is 1.14 bits per heavy atom. The van der Waals surface area contributed by atoms with Crippen LogP contribution < -0.4 is 10.0 Å². The SMILES string of the molecule is O=C(CN1CCN(C(=O)CCN=C2NS(=O)(=O)c3ccccc32)CC1)NC1CC1. The number of nitrogens with zero attached hydrogens (tertiary/aromatic N) is 3. The summed E-state index contributed by atoms with van der Waals surface area (Å²) in [6.45, 7) is 3.11. The van der Waals surface area contributed by atoms with E-state index in [0.717, 1.165) is 12.8 Å². The van der Waals surface area contributed by atoms with E-state index in [9.17, 15) is 18.0 Å². The number of carbonyl (C=O) groups excluding carboxylic acids is 2. The van der Waals surface area contributed by atoms with E-state index in [1.165, 1.54) is 6.07 Å². The Morgan fingerprint density at radius 2 is 1.86 bits per heavy atom. The van der Waals surface area contributed by atoms with Gasteiger partial charge in [0.1, 0.15) is 5.84 Å². The fraction of sp³-hybridized carbons (Fsp3) is 0.526. The van der Waals surface area contributed by atoms with Crippen LogP contribution in [0.2, 0.25) is 0 Å². The van der Waals surface area contributed by atoms with Gasteiger partial charge in [-0.15, -0.1) is 0 Å². The first kappa shape index (κ1) is 19.8. The number of benzene rings is 1. The van der Waals surface area contributed by atoms with Crippen LogP contribution in [0.1, 0.15) is 24.8 Å². The third-order valence-electron chi connectivity index (χ3n) is 5.29. The summed E-state index contributed by atoms with van der Waals surface area (Å²) in [6.07, 6.45) is 2.37. The van der Waals surface area contributed by atoms with Gasteiger partial charge in [-0.2, -0.15) is 0 Å². The lowest BCUT2D eigenvalue weighted by Crippen LogP contribution is -2.51. The van der Waals surface area contributed by atoms with Crippen molar-refractivity contribution in [1.29, 1.82) is 0 Å². The molecule has 1 aromatic rings. The number of amides is 2. The van der Waals surface area contributed by atoms with Crippen LogP contribution in [0.15, 0.2) is 34.2 Å². The van der Waals surface area contributed by atoms with Crippen LogP contribution in [0.25, 0.3) is 0 Å². The third kappa shape index (κ3) is 4.76. The Kier molecular flexibility index (Phi) is 5.55. The Hall–Kier alpha value is -2.46. The van der Waals surface area contributed by atoms with E-state index in [2.05, 4.69) is 19.9 Å². The summed E-state index contributed by atoms with van der Waals surface area (Å²) in [7, 11) is -3.56. The van der Waals surface area contributed by atoms with Crippen LogP contribution in [0.5, 0.6) is 0 Å². The summed E-state index contributed by atoms with van der Waals surface area (Å²) in [6, 6.07) is 7.02. The molecular formula is C19H25N5O4S. The van der Waals surface area contributed by atoms with Crippen LogP contribution in [0.3, 0.4) is 0 Å². The van der Waals surface area contributed by atoms with Crippen LogP contribution >= 0.6 is 0 Å². The summed E-state index contributed by atoms with van der Waals surface area (Å²) in [5.74, 6) is 0.341. The maximum atomic E-state index is 12.4. The van der Waals surface area contributed by atoms with Crippen molar-refractivity contribution in [2.24, 2.45) is 4.99 Å². The molecule has 29 heavy (non-hydrogen) atoms. The molecule has 2 aliphatic heterocycles. The number of hydrogen-bond acceptors (Lipinski definition) is 6. The van der Waals surface area contributed by atoms with Gasteiger partial charge in [0.2, 0.25) is 11.8 Å². The number of sulfonamides is 1. The molecule has 2 fully saturated rings. The standard InChI is InChI=1S/C19H25N5O4S/c25-17(21-14-5-6-14)13-23-9-11-24(12-10-23)18(26)7-8-20-19-15-3-1-2-4-16(15)29(27,28)22-19/h1-4,14H,5-13H2,(H,20,22)(H,21,25). The molecule has 2 heterocycles. The number of rotatable bonds is 6. The zero-order chi connectivity index (χ0) is 20.4. The highest BCUT2D eigenvalue weighted by atomic mass is 32.2. The molecule has 0 radical (unpaired) electrons. The summed E-state index contributed by atoms with van der Waals surface area (Å²) in [5.41, 5.74) is 0.540. The number of nitrogens with one attached hydrogen (secondary N) is 2. The summed E-state index contributed by atoms with van der Waals surface area (Å²) in [4.78, 5) is 32.7. The van der Waals surface area contributed by atoms with Crippen molar-refractivity contribution < 1.29 is 18.0 Å². The number of amidine groups is 1. The van der Waals surface area contributed by atoms with Crippen molar-refractivity contribution in [3.63, 3.8) is 0 Å². The average molecular weight is 420 g/mol. The molecule has 10 heteroatoms. The lowest BCUT2D eigenvalue weighted by Gasteiger charge is -2.34. The first-order chi connectivity index (χ1) is 13.9. The second-order valence-corrected chi connectivity index (χ2v) is 9.23. The minimum Gasteiger partial charge on any atom is -0.352 e. The molecule has 156 valence electrons. The van der Waals surface area contributed by atoms with E-state index in [-0.39, 0.29) is 29.7 Å².